The van der Waals surface area contributed by atoms with E-state index < -0.39 is 62.3 Å². The average Bonchev–Trinajstić information content (AvgIpc) is 2.90. The van der Waals surface area contributed by atoms with E-state index in [-0.39, 0.29) is 45.0 Å². The highest BCUT2D eigenvalue weighted by Gasteiger charge is 2.35. The third kappa shape index (κ3) is 17.9. The molecular weight excluding hydrogens is 526 g/mol. The van der Waals surface area contributed by atoms with Gasteiger partial charge in [0.05, 0.1) is 71.2 Å². The first-order chi connectivity index (χ1) is 18.6. The summed E-state index contributed by atoms with van der Waals surface area (Å²) in [7, 11) is 0. The van der Waals surface area contributed by atoms with E-state index >= 15 is 0 Å². The first-order valence-corrected chi connectivity index (χ1v) is 13.0. The first-order valence-electron chi connectivity index (χ1n) is 13.0. The molecule has 6 atom stereocenters. The number of hydrogen-bond acceptors (Lipinski definition) is 14. The van der Waals surface area contributed by atoms with Gasteiger partial charge in [0.2, 0.25) is 0 Å². The number of carbonyl (C=O) groups is 2. The Morgan fingerprint density at radius 1 is 0.641 bits per heavy atom. The molecule has 0 radical (unpaired) electrons. The Kier molecular flexibility index (Phi) is 22.6. The summed E-state index contributed by atoms with van der Waals surface area (Å²) in [6.45, 7) is 1.76. The Labute approximate surface area is 228 Å². The summed E-state index contributed by atoms with van der Waals surface area (Å²) in [6, 6.07) is 0. The lowest BCUT2D eigenvalue weighted by molar-refractivity contribution is -0.156. The summed E-state index contributed by atoms with van der Waals surface area (Å²) in [5, 5.41) is 78.0. The number of hydrogen-bond donors (Lipinski definition) is 8. The number of amides is 1. The van der Waals surface area contributed by atoms with Crippen LogP contribution in [0, 0.1) is 0 Å². The SMILES string of the molecule is CC(=O)CCOCCOCCOCCOCCN(CC(O)C(O)C(O)CCO)C(=O)C(O)C(O)C(O)CCO. The summed E-state index contributed by atoms with van der Waals surface area (Å²) < 4.78 is 21.3. The molecule has 0 aliphatic heterocycles. The second-order valence-electron chi connectivity index (χ2n) is 8.84. The minimum Gasteiger partial charge on any atom is -0.396 e. The summed E-state index contributed by atoms with van der Waals surface area (Å²) in [5.41, 5.74) is 0. The number of carbonyl (C=O) groups excluding carboxylic acids is 2. The molecule has 0 aliphatic rings. The summed E-state index contributed by atoms with van der Waals surface area (Å²) in [4.78, 5) is 24.4. The molecule has 15 nitrogen and oxygen atoms in total. The number of Topliss-reactive ketones (excluding diaryl/α,β-unsaturated/α-hetero) is 1. The largest absolute Gasteiger partial charge is 0.396 e. The third-order valence-corrected chi connectivity index (χ3v) is 5.55. The molecule has 0 aromatic rings. The highest BCUT2D eigenvalue weighted by atomic mass is 16.6. The van der Waals surface area contributed by atoms with Gasteiger partial charge >= 0.3 is 0 Å². The molecule has 232 valence electrons. The van der Waals surface area contributed by atoms with Gasteiger partial charge in [0.25, 0.3) is 5.91 Å². The van der Waals surface area contributed by atoms with Crippen molar-refractivity contribution in [3.8, 4) is 0 Å². The van der Waals surface area contributed by atoms with Gasteiger partial charge in [0, 0.05) is 32.7 Å². The van der Waals surface area contributed by atoms with Crippen molar-refractivity contribution in [3.63, 3.8) is 0 Å². The van der Waals surface area contributed by atoms with Crippen molar-refractivity contribution in [2.45, 2.75) is 62.8 Å². The topological polar surface area (TPSA) is 236 Å². The predicted octanol–water partition coefficient (Wildman–Crippen LogP) is -4.21. The van der Waals surface area contributed by atoms with Crippen LogP contribution in [0.1, 0.15) is 26.2 Å². The normalized spacial score (nSPS) is 16.3. The molecule has 0 aromatic heterocycles. The zero-order chi connectivity index (χ0) is 29.6. The number of aliphatic hydroxyl groups is 8. The summed E-state index contributed by atoms with van der Waals surface area (Å²) >= 11 is 0. The molecule has 15 heteroatoms. The number of ketones is 1. The number of nitrogens with zero attached hydrogens (tertiary/aromatic N) is 1. The van der Waals surface area contributed by atoms with E-state index in [0.29, 0.717) is 39.5 Å². The predicted molar refractivity (Wildman–Crippen MR) is 135 cm³/mol. The van der Waals surface area contributed by atoms with Crippen molar-refractivity contribution in [3.05, 3.63) is 0 Å². The van der Waals surface area contributed by atoms with Crippen molar-refractivity contribution in [1.82, 2.24) is 4.90 Å². The lowest BCUT2D eigenvalue weighted by Crippen LogP contribution is -2.53. The Morgan fingerprint density at radius 2 is 1.08 bits per heavy atom. The standard InChI is InChI=1S/C24H47NO14/c1-17(28)4-8-36-10-12-38-14-15-39-13-11-37-9-5-25(16-20(31)21(32)18(29)2-6-26)24(35)23(34)22(33)19(30)3-7-27/h18-23,26-27,29-34H,2-16H2,1H3. The molecule has 0 saturated carbocycles. The lowest BCUT2D eigenvalue weighted by atomic mass is 10.0. The average molecular weight is 574 g/mol. The van der Waals surface area contributed by atoms with Gasteiger partial charge in [-0.05, 0) is 19.8 Å². The zero-order valence-electron chi connectivity index (χ0n) is 22.5. The van der Waals surface area contributed by atoms with Gasteiger partial charge in [0.1, 0.15) is 18.0 Å². The van der Waals surface area contributed by atoms with Gasteiger partial charge in [-0.3, -0.25) is 9.59 Å². The van der Waals surface area contributed by atoms with E-state index in [4.69, 9.17) is 29.2 Å². The molecule has 0 aromatic carbocycles. The molecule has 0 aliphatic carbocycles. The molecule has 0 fully saturated rings. The fraction of sp³-hybridized carbons (Fsp3) is 0.917. The molecule has 0 heterocycles. The number of ether oxygens (including phenoxy) is 4. The highest BCUT2D eigenvalue weighted by molar-refractivity contribution is 5.81. The minimum atomic E-state index is -2.10. The fourth-order valence-electron chi connectivity index (χ4n) is 3.18. The maximum atomic E-state index is 12.8. The Hall–Kier alpha value is -1.34. The van der Waals surface area contributed by atoms with Crippen LogP contribution in [0.15, 0.2) is 0 Å². The second-order valence-corrected chi connectivity index (χ2v) is 8.84. The van der Waals surface area contributed by atoms with Crippen LogP contribution >= 0.6 is 0 Å². The van der Waals surface area contributed by atoms with Crippen LogP contribution < -0.4 is 0 Å². The van der Waals surface area contributed by atoms with Crippen molar-refractivity contribution >= 4 is 11.7 Å². The van der Waals surface area contributed by atoms with Crippen LogP contribution in [0.4, 0.5) is 0 Å². The molecule has 0 saturated heterocycles. The van der Waals surface area contributed by atoms with Crippen LogP contribution in [0.5, 0.6) is 0 Å². The van der Waals surface area contributed by atoms with E-state index in [2.05, 4.69) is 0 Å². The van der Waals surface area contributed by atoms with E-state index in [1.54, 1.807) is 0 Å². The Balaban J connectivity index is 4.53. The fourth-order valence-corrected chi connectivity index (χ4v) is 3.18. The van der Waals surface area contributed by atoms with Gasteiger partial charge in [0.15, 0.2) is 6.10 Å². The zero-order valence-corrected chi connectivity index (χ0v) is 22.5. The van der Waals surface area contributed by atoms with Gasteiger partial charge in [-0.25, -0.2) is 0 Å². The molecule has 0 rings (SSSR count). The summed E-state index contributed by atoms with van der Waals surface area (Å²) in [6.07, 6.45) is -10.6. The van der Waals surface area contributed by atoms with Gasteiger partial charge in [-0.1, -0.05) is 0 Å². The van der Waals surface area contributed by atoms with Crippen molar-refractivity contribution in [2.24, 2.45) is 0 Å². The summed E-state index contributed by atoms with van der Waals surface area (Å²) in [5.74, 6) is -1.02. The maximum absolute atomic E-state index is 12.8. The van der Waals surface area contributed by atoms with Crippen LogP contribution in [0.2, 0.25) is 0 Å². The number of rotatable bonds is 26. The molecule has 0 spiro atoms. The quantitative estimate of drug-likeness (QED) is 0.0458. The third-order valence-electron chi connectivity index (χ3n) is 5.55. The van der Waals surface area contributed by atoms with E-state index in [1.165, 1.54) is 6.92 Å². The van der Waals surface area contributed by atoms with Crippen molar-refractivity contribution < 1.29 is 69.4 Å². The molecule has 8 N–H and O–H groups in total. The lowest BCUT2D eigenvalue weighted by Gasteiger charge is -2.32. The van der Waals surface area contributed by atoms with E-state index in [0.717, 1.165) is 4.90 Å². The van der Waals surface area contributed by atoms with Crippen LogP contribution in [0.3, 0.4) is 0 Å². The van der Waals surface area contributed by atoms with Crippen LogP contribution in [-0.4, -0.2) is 173 Å². The van der Waals surface area contributed by atoms with Gasteiger partial charge in [-0.15, -0.1) is 0 Å². The van der Waals surface area contributed by atoms with Crippen molar-refractivity contribution in [1.29, 1.82) is 0 Å². The molecule has 0 bridgehead atoms. The molecule has 6 unspecified atom stereocenters. The first kappa shape index (κ1) is 37.7. The Bertz CT molecular complexity index is 628. The van der Waals surface area contributed by atoms with E-state index in [9.17, 15) is 40.2 Å². The smallest absolute Gasteiger partial charge is 0.254 e. The monoisotopic (exact) mass is 573 g/mol. The van der Waals surface area contributed by atoms with Crippen LogP contribution in [-0.2, 0) is 28.5 Å². The second kappa shape index (κ2) is 23.4. The Morgan fingerprint density at radius 3 is 1.54 bits per heavy atom. The van der Waals surface area contributed by atoms with Crippen LogP contribution in [0.25, 0.3) is 0 Å². The van der Waals surface area contributed by atoms with Crippen molar-refractivity contribution in [2.75, 3.05) is 79.2 Å². The molecule has 39 heavy (non-hydrogen) atoms. The highest BCUT2D eigenvalue weighted by Crippen LogP contribution is 2.11. The maximum Gasteiger partial charge on any atom is 0.254 e. The molecular formula is C24H47NO14. The molecule has 1 amide bonds. The number of aliphatic hydroxyl groups excluding tert-OH is 8. The van der Waals surface area contributed by atoms with Gasteiger partial charge in [-0.2, -0.15) is 0 Å². The van der Waals surface area contributed by atoms with E-state index in [1.807, 2.05) is 0 Å². The minimum absolute atomic E-state index is 0.0572. The van der Waals surface area contributed by atoms with Gasteiger partial charge < -0.3 is 64.7 Å².